The molecule has 0 bridgehead atoms. The van der Waals surface area contributed by atoms with Gasteiger partial charge in [0.25, 0.3) is 0 Å². The van der Waals surface area contributed by atoms with Gasteiger partial charge in [-0.25, -0.2) is 5.32 Å². The third-order valence-corrected chi connectivity index (χ3v) is 1.47. The smallest absolute Gasteiger partial charge is 0.224 e. The van der Waals surface area contributed by atoms with Crippen LogP contribution in [0.4, 0.5) is 0 Å². The Morgan fingerprint density at radius 2 is 1.08 bits per heavy atom. The van der Waals surface area contributed by atoms with Crippen LogP contribution in [0.5, 0.6) is 0 Å². The summed E-state index contributed by atoms with van der Waals surface area (Å²) < 4.78 is 0. The molecule has 0 spiro atoms. The van der Waals surface area contributed by atoms with Crippen LogP contribution in [0.15, 0.2) is 0 Å². The van der Waals surface area contributed by atoms with Crippen molar-refractivity contribution in [1.82, 2.24) is 5.32 Å². The summed E-state index contributed by atoms with van der Waals surface area (Å²) in [7, 11) is 0. The van der Waals surface area contributed by atoms with Gasteiger partial charge in [-0.1, -0.05) is 0 Å². The molecular weight excluding hydrogens is 202 g/mol. The molecule has 1 heterocycles. The summed E-state index contributed by atoms with van der Waals surface area (Å²) in [6.07, 6.45) is 14.0. The quantitative estimate of drug-likeness (QED) is 0.549. The zero-order valence-corrected chi connectivity index (χ0v) is 8.95. The predicted octanol–water partition coefficient (Wildman–Crippen LogP) is 2.14. The maximum atomic E-state index is 4.11. The van der Waals surface area contributed by atoms with Crippen molar-refractivity contribution in [3.8, 4) is 0 Å². The second kappa shape index (κ2) is 7.84. The molecule has 1 saturated carbocycles. The molecule has 2 aliphatic rings. The van der Waals surface area contributed by atoms with Crippen molar-refractivity contribution < 1.29 is 17.1 Å². The Balaban J connectivity index is 0.000000215. The van der Waals surface area contributed by atoms with Gasteiger partial charge in [0.05, 0.1) is 12.1 Å². The van der Waals surface area contributed by atoms with Crippen LogP contribution < -0.4 is 5.32 Å². The monoisotopic (exact) mass is 215 g/mol. The van der Waals surface area contributed by atoms with Crippen molar-refractivity contribution in [2.45, 2.75) is 13.8 Å². The van der Waals surface area contributed by atoms with E-state index >= 15 is 0 Å². The summed E-state index contributed by atoms with van der Waals surface area (Å²) in [5, 5.41) is 4.11. The standard InChI is InChI=1S/C6H8N.C5H5.Fe/c1-5-3-4-6(2)7-5;1-2-4-5-3-1;/h3-4H,1-2H3;1-5H;/q;;+2. The van der Waals surface area contributed by atoms with Crippen LogP contribution in [0.3, 0.4) is 0 Å². The van der Waals surface area contributed by atoms with Crippen LogP contribution in [0, 0.1) is 57.0 Å². The zero-order chi connectivity index (χ0) is 8.81. The molecule has 1 aliphatic carbocycles. The molecular formula is C11H13FeN+2. The molecule has 2 heteroatoms. The molecule has 0 aromatic carbocycles. The van der Waals surface area contributed by atoms with Gasteiger partial charge in [0.15, 0.2) is 0 Å². The fourth-order valence-corrected chi connectivity index (χ4v) is 0.915. The minimum absolute atomic E-state index is 0. The van der Waals surface area contributed by atoms with Crippen LogP contribution in [0.2, 0.25) is 0 Å². The van der Waals surface area contributed by atoms with E-state index in [9.17, 15) is 0 Å². The number of nitrogens with zero attached hydrogens (tertiary/aromatic N) is 1. The van der Waals surface area contributed by atoms with Gasteiger partial charge in [-0.2, -0.15) is 0 Å². The largest absolute Gasteiger partial charge is 2.00 e. The Morgan fingerprint density at radius 1 is 0.769 bits per heavy atom. The first-order valence-electron chi connectivity index (χ1n) is 4.02. The van der Waals surface area contributed by atoms with Crippen LogP contribution in [-0.4, -0.2) is 0 Å². The molecule has 68 valence electrons. The molecule has 1 nitrogen and oxygen atoms in total. The van der Waals surface area contributed by atoms with Crippen molar-refractivity contribution in [3.05, 3.63) is 57.0 Å². The van der Waals surface area contributed by atoms with Gasteiger partial charge in [-0.15, -0.1) is 0 Å². The molecule has 0 unspecified atom stereocenters. The van der Waals surface area contributed by atoms with Gasteiger partial charge in [0, 0.05) is 0 Å². The minimum Gasteiger partial charge on any atom is -0.224 e. The van der Waals surface area contributed by atoms with Crippen molar-refractivity contribution in [1.29, 1.82) is 0 Å². The number of rotatable bonds is 0. The molecule has 0 atom stereocenters. The SMILES string of the molecule is C[C]1[CH][CH][C](C)[N]1.[CH]1[CH][CH][CH][CH]1.[Fe+2]. The molecule has 0 aromatic rings. The van der Waals surface area contributed by atoms with E-state index in [1.54, 1.807) is 0 Å². The molecule has 0 N–H and O–H groups in total. The third-order valence-electron chi connectivity index (χ3n) is 1.47. The van der Waals surface area contributed by atoms with E-state index in [0.29, 0.717) is 0 Å². The van der Waals surface area contributed by atoms with E-state index in [4.69, 9.17) is 0 Å². The number of hydrogen-bond acceptors (Lipinski definition) is 0. The summed E-state index contributed by atoms with van der Waals surface area (Å²) in [4.78, 5) is 0. The van der Waals surface area contributed by atoms with Crippen molar-refractivity contribution in [2.75, 3.05) is 0 Å². The summed E-state index contributed by atoms with van der Waals surface area (Å²) in [5.74, 6) is 0. The first kappa shape index (κ1) is 13.5. The summed E-state index contributed by atoms with van der Waals surface area (Å²) in [6.45, 7) is 3.99. The van der Waals surface area contributed by atoms with Gasteiger partial charge < -0.3 is 0 Å². The first-order valence-corrected chi connectivity index (χ1v) is 4.02. The Morgan fingerprint density at radius 3 is 1.23 bits per heavy atom. The Labute approximate surface area is 93.5 Å². The third kappa shape index (κ3) is 6.54. The van der Waals surface area contributed by atoms with Gasteiger partial charge >= 0.3 is 17.1 Å². The molecule has 1 saturated heterocycles. The average Bonchev–Trinajstić information content (AvgIpc) is 2.63. The predicted molar refractivity (Wildman–Crippen MR) is 50.1 cm³/mol. The maximum Gasteiger partial charge on any atom is 2.00 e. The van der Waals surface area contributed by atoms with Gasteiger partial charge in [-0.05, 0) is 58.8 Å². The summed E-state index contributed by atoms with van der Waals surface area (Å²) in [6, 6.07) is 2.22. The normalized spacial score (nSPS) is 23.5. The van der Waals surface area contributed by atoms with Crippen LogP contribution >= 0.6 is 0 Å². The second-order valence-corrected chi connectivity index (χ2v) is 2.69. The van der Waals surface area contributed by atoms with E-state index in [1.807, 2.05) is 58.8 Å². The molecule has 10 radical (unpaired) electrons. The molecule has 2 fully saturated rings. The summed E-state index contributed by atoms with van der Waals surface area (Å²) in [5.41, 5.74) is 0. The second-order valence-electron chi connectivity index (χ2n) is 2.69. The van der Waals surface area contributed by atoms with E-state index in [0.717, 1.165) is 12.1 Å². The number of hydrogen-bond donors (Lipinski definition) is 0. The van der Waals surface area contributed by atoms with Crippen LogP contribution in [0.25, 0.3) is 0 Å². The van der Waals surface area contributed by atoms with Crippen molar-refractivity contribution in [3.63, 3.8) is 0 Å². The molecule has 13 heavy (non-hydrogen) atoms. The Bertz CT molecular complexity index is 97.0. The fraction of sp³-hybridized carbons (Fsp3) is 0.182. The zero-order valence-electron chi connectivity index (χ0n) is 7.84. The summed E-state index contributed by atoms with van der Waals surface area (Å²) >= 11 is 0. The Hall–Kier alpha value is 0.479. The fourth-order valence-electron chi connectivity index (χ4n) is 0.915. The van der Waals surface area contributed by atoms with Gasteiger partial charge in [0.1, 0.15) is 0 Å². The minimum atomic E-state index is 0. The molecule has 2 rings (SSSR count). The topological polar surface area (TPSA) is 14.1 Å². The molecule has 0 aromatic heterocycles. The van der Waals surface area contributed by atoms with Gasteiger partial charge in [0.2, 0.25) is 0 Å². The van der Waals surface area contributed by atoms with E-state index in [1.165, 1.54) is 0 Å². The van der Waals surface area contributed by atoms with E-state index in [-0.39, 0.29) is 17.1 Å². The van der Waals surface area contributed by atoms with Crippen LogP contribution in [-0.2, 0) is 17.1 Å². The molecule has 0 amide bonds. The maximum absolute atomic E-state index is 4.11. The average molecular weight is 215 g/mol. The van der Waals surface area contributed by atoms with E-state index in [2.05, 4.69) is 5.32 Å². The van der Waals surface area contributed by atoms with Crippen molar-refractivity contribution >= 4 is 0 Å². The van der Waals surface area contributed by atoms with Crippen LogP contribution in [0.1, 0.15) is 13.8 Å². The first-order chi connectivity index (χ1) is 5.79. The molecule has 1 aliphatic heterocycles. The van der Waals surface area contributed by atoms with Crippen molar-refractivity contribution in [2.24, 2.45) is 0 Å². The van der Waals surface area contributed by atoms with E-state index < -0.39 is 0 Å². The Kier molecular flexibility index (Phi) is 8.13. The van der Waals surface area contributed by atoms with Gasteiger partial charge in [-0.3, -0.25) is 0 Å².